The summed E-state index contributed by atoms with van der Waals surface area (Å²) in [5.41, 5.74) is 2.31. The van der Waals surface area contributed by atoms with Gasteiger partial charge in [-0.15, -0.1) is 0 Å². The SMILES string of the molecule is CNC(=O)c1cc(C(=O)NC2C3COCC32)cc(C(C)c2cccc(OC)c2)n1. The van der Waals surface area contributed by atoms with Crippen LogP contribution in [-0.2, 0) is 4.74 Å². The van der Waals surface area contributed by atoms with E-state index in [-0.39, 0.29) is 29.5 Å². The number of rotatable bonds is 6. The molecule has 3 unspecified atom stereocenters. The minimum atomic E-state index is -0.324. The molecule has 1 aliphatic carbocycles. The molecular weight excluding hydrogens is 370 g/mol. The first kappa shape index (κ1) is 19.4. The van der Waals surface area contributed by atoms with Gasteiger partial charge in [0, 0.05) is 42.1 Å². The zero-order valence-electron chi connectivity index (χ0n) is 16.8. The van der Waals surface area contributed by atoms with Crippen LogP contribution in [-0.4, -0.2) is 50.2 Å². The van der Waals surface area contributed by atoms with E-state index in [1.807, 2.05) is 31.2 Å². The molecule has 7 heteroatoms. The number of aromatic nitrogens is 1. The molecule has 1 aliphatic heterocycles. The normalized spacial score (nSPS) is 23.1. The summed E-state index contributed by atoms with van der Waals surface area (Å²) in [6.45, 7) is 3.40. The van der Waals surface area contributed by atoms with Crippen molar-refractivity contribution < 1.29 is 19.1 Å². The molecule has 2 aliphatic rings. The fourth-order valence-electron chi connectivity index (χ4n) is 3.92. The molecule has 2 N–H and O–H groups in total. The number of hydrogen-bond donors (Lipinski definition) is 2. The molecule has 152 valence electrons. The van der Waals surface area contributed by atoms with Crippen molar-refractivity contribution in [3.63, 3.8) is 0 Å². The number of hydrogen-bond acceptors (Lipinski definition) is 5. The smallest absolute Gasteiger partial charge is 0.269 e. The Bertz CT molecular complexity index is 935. The summed E-state index contributed by atoms with van der Waals surface area (Å²) in [5.74, 6) is 0.947. The van der Waals surface area contributed by atoms with Gasteiger partial charge in [0.25, 0.3) is 11.8 Å². The molecule has 2 amide bonds. The van der Waals surface area contributed by atoms with Gasteiger partial charge in [-0.2, -0.15) is 0 Å². The van der Waals surface area contributed by atoms with Gasteiger partial charge in [0.05, 0.1) is 20.3 Å². The standard InChI is InChI=1S/C22H25N3O4/c1-12(13-5-4-6-15(7-13)28-3)18-8-14(9-19(24-18)22(27)23-2)21(26)25-20-16-10-29-11-17(16)20/h4-9,12,16-17,20H,10-11H2,1-3H3,(H,23,27)(H,25,26). The summed E-state index contributed by atoms with van der Waals surface area (Å²) in [4.78, 5) is 29.6. The topological polar surface area (TPSA) is 89.6 Å². The average Bonchev–Trinajstić information content (AvgIpc) is 3.17. The van der Waals surface area contributed by atoms with Gasteiger partial charge >= 0.3 is 0 Å². The highest BCUT2D eigenvalue weighted by molar-refractivity contribution is 5.99. The monoisotopic (exact) mass is 395 g/mol. The molecule has 1 aromatic heterocycles. The van der Waals surface area contributed by atoms with Crippen LogP contribution in [0.25, 0.3) is 0 Å². The Morgan fingerprint density at radius 3 is 2.62 bits per heavy atom. The van der Waals surface area contributed by atoms with E-state index < -0.39 is 0 Å². The largest absolute Gasteiger partial charge is 0.497 e. The lowest BCUT2D eigenvalue weighted by atomic mass is 9.95. The first-order chi connectivity index (χ1) is 14.0. The van der Waals surface area contributed by atoms with Crippen LogP contribution in [0.2, 0.25) is 0 Å². The Labute approximate surface area is 169 Å². The molecule has 1 aromatic carbocycles. The Morgan fingerprint density at radius 1 is 1.17 bits per heavy atom. The number of nitrogens with one attached hydrogen (secondary N) is 2. The number of ether oxygens (including phenoxy) is 2. The van der Waals surface area contributed by atoms with Gasteiger partial charge in [-0.3, -0.25) is 9.59 Å². The van der Waals surface area contributed by atoms with E-state index in [1.165, 1.54) is 0 Å². The molecule has 29 heavy (non-hydrogen) atoms. The highest BCUT2D eigenvalue weighted by Gasteiger charge is 2.54. The number of pyridine rings is 1. The Hall–Kier alpha value is -2.93. The summed E-state index contributed by atoms with van der Waals surface area (Å²) in [6.07, 6.45) is 0. The molecule has 0 spiro atoms. The second kappa shape index (κ2) is 7.83. The third-order valence-corrected chi connectivity index (χ3v) is 5.85. The van der Waals surface area contributed by atoms with Crippen LogP contribution >= 0.6 is 0 Å². The number of carbonyl (C=O) groups is 2. The van der Waals surface area contributed by atoms with Crippen molar-refractivity contribution in [3.05, 3.63) is 58.9 Å². The molecule has 3 atom stereocenters. The van der Waals surface area contributed by atoms with E-state index in [9.17, 15) is 9.59 Å². The highest BCUT2D eigenvalue weighted by atomic mass is 16.5. The maximum absolute atomic E-state index is 12.9. The molecule has 2 heterocycles. The number of benzene rings is 1. The van der Waals surface area contributed by atoms with E-state index in [0.29, 0.717) is 36.3 Å². The lowest BCUT2D eigenvalue weighted by Gasteiger charge is -2.16. The van der Waals surface area contributed by atoms with Gasteiger partial charge in [0.15, 0.2) is 0 Å². The fourth-order valence-corrected chi connectivity index (χ4v) is 3.92. The van der Waals surface area contributed by atoms with Gasteiger partial charge < -0.3 is 20.1 Å². The second-order valence-electron chi connectivity index (χ2n) is 7.61. The van der Waals surface area contributed by atoms with Crippen molar-refractivity contribution >= 4 is 11.8 Å². The minimum Gasteiger partial charge on any atom is -0.497 e. The predicted octanol–water partition coefficient (Wildman–Crippen LogP) is 1.98. The van der Waals surface area contributed by atoms with Gasteiger partial charge in [0.1, 0.15) is 11.4 Å². The van der Waals surface area contributed by atoms with Crippen molar-refractivity contribution in [2.45, 2.75) is 18.9 Å². The summed E-state index contributed by atoms with van der Waals surface area (Å²) < 4.78 is 10.7. The Balaban J connectivity index is 1.63. The molecule has 1 saturated carbocycles. The van der Waals surface area contributed by atoms with Crippen LogP contribution in [0.3, 0.4) is 0 Å². The summed E-state index contributed by atoms with van der Waals surface area (Å²) in [5, 5.41) is 5.67. The second-order valence-corrected chi connectivity index (χ2v) is 7.61. The maximum Gasteiger partial charge on any atom is 0.269 e. The van der Waals surface area contributed by atoms with Crippen molar-refractivity contribution in [2.75, 3.05) is 27.4 Å². The number of carbonyl (C=O) groups excluding carboxylic acids is 2. The van der Waals surface area contributed by atoms with Crippen molar-refractivity contribution in [1.29, 1.82) is 0 Å². The van der Waals surface area contributed by atoms with E-state index in [2.05, 4.69) is 15.6 Å². The number of amides is 2. The molecule has 0 bridgehead atoms. The third kappa shape index (κ3) is 3.82. The number of methoxy groups -OCH3 is 1. The zero-order valence-corrected chi connectivity index (χ0v) is 16.8. The average molecular weight is 395 g/mol. The van der Waals surface area contributed by atoms with Crippen LogP contribution < -0.4 is 15.4 Å². The fraction of sp³-hybridized carbons (Fsp3) is 0.409. The molecule has 0 radical (unpaired) electrons. The molecule has 7 nitrogen and oxygen atoms in total. The van der Waals surface area contributed by atoms with Crippen LogP contribution in [0, 0.1) is 11.8 Å². The van der Waals surface area contributed by atoms with Gasteiger partial charge in [0.2, 0.25) is 0 Å². The summed E-state index contributed by atoms with van der Waals surface area (Å²) in [7, 11) is 3.17. The van der Waals surface area contributed by atoms with Gasteiger partial charge in [-0.25, -0.2) is 4.98 Å². The third-order valence-electron chi connectivity index (χ3n) is 5.85. The van der Waals surface area contributed by atoms with E-state index in [4.69, 9.17) is 9.47 Å². The quantitative estimate of drug-likeness (QED) is 0.781. The van der Waals surface area contributed by atoms with Crippen molar-refractivity contribution in [2.24, 2.45) is 11.8 Å². The molecule has 4 rings (SSSR count). The van der Waals surface area contributed by atoms with Gasteiger partial charge in [-0.1, -0.05) is 19.1 Å². The molecule has 2 aromatic rings. The highest BCUT2D eigenvalue weighted by Crippen LogP contribution is 2.44. The molecule has 2 fully saturated rings. The number of fused-ring (bicyclic) bond motifs is 1. The lowest BCUT2D eigenvalue weighted by molar-refractivity contribution is 0.0928. The Kier molecular flexibility index (Phi) is 5.24. The molecule has 1 saturated heterocycles. The first-order valence-electron chi connectivity index (χ1n) is 9.78. The molecular formula is C22H25N3O4. The van der Waals surface area contributed by atoms with Crippen molar-refractivity contribution in [1.82, 2.24) is 15.6 Å². The predicted molar refractivity (Wildman–Crippen MR) is 107 cm³/mol. The lowest BCUT2D eigenvalue weighted by Crippen LogP contribution is -2.30. The summed E-state index contributed by atoms with van der Waals surface area (Å²) in [6, 6.07) is 11.2. The summed E-state index contributed by atoms with van der Waals surface area (Å²) >= 11 is 0. The van der Waals surface area contributed by atoms with E-state index in [0.717, 1.165) is 11.3 Å². The Morgan fingerprint density at radius 2 is 1.93 bits per heavy atom. The van der Waals surface area contributed by atoms with Crippen LogP contribution in [0.15, 0.2) is 36.4 Å². The van der Waals surface area contributed by atoms with Crippen LogP contribution in [0.1, 0.15) is 44.9 Å². The maximum atomic E-state index is 12.9. The van der Waals surface area contributed by atoms with E-state index >= 15 is 0 Å². The minimum absolute atomic E-state index is 0.116. The van der Waals surface area contributed by atoms with E-state index in [1.54, 1.807) is 26.3 Å². The van der Waals surface area contributed by atoms with Crippen LogP contribution in [0.4, 0.5) is 0 Å². The van der Waals surface area contributed by atoms with Crippen LogP contribution in [0.5, 0.6) is 5.75 Å². The first-order valence-corrected chi connectivity index (χ1v) is 9.78. The zero-order chi connectivity index (χ0) is 20.5. The number of nitrogens with zero attached hydrogens (tertiary/aromatic N) is 1. The van der Waals surface area contributed by atoms with Crippen molar-refractivity contribution in [3.8, 4) is 5.75 Å². The van der Waals surface area contributed by atoms with Gasteiger partial charge in [-0.05, 0) is 29.8 Å².